The van der Waals surface area contributed by atoms with Crippen LogP contribution in [0.5, 0.6) is 0 Å². The van der Waals surface area contributed by atoms with E-state index in [1.807, 2.05) is 0 Å². The molecule has 2 rings (SSSR count). The van der Waals surface area contributed by atoms with Crippen LogP contribution in [0.3, 0.4) is 0 Å². The van der Waals surface area contributed by atoms with E-state index < -0.39 is 12.0 Å². The molecule has 0 unspecified atom stereocenters. The summed E-state index contributed by atoms with van der Waals surface area (Å²) in [5.41, 5.74) is 5.82. The van der Waals surface area contributed by atoms with E-state index in [9.17, 15) is 9.59 Å². The largest absolute Gasteiger partial charge is 0.481 e. The molecule has 2 aliphatic heterocycles. The summed E-state index contributed by atoms with van der Waals surface area (Å²) in [7, 11) is 2.16. The quantitative estimate of drug-likeness (QED) is 0.678. The van der Waals surface area contributed by atoms with Crippen molar-refractivity contribution in [1.82, 2.24) is 14.7 Å². The standard InChI is InChI=1S/C15H28N4O3.3ClH/c1-17-6-4-12(5-7-17)18-8-10-19(11-9-18)15(22)13(16)2-3-14(20)21;;;/h12-13H,2-11,16H2,1H3,(H,20,21);3*1H/t13-;;;/m1.../s1. The van der Waals surface area contributed by atoms with Gasteiger partial charge in [0.25, 0.3) is 0 Å². The number of aliphatic carboxylic acids is 1. The minimum atomic E-state index is -0.907. The molecule has 2 saturated heterocycles. The van der Waals surface area contributed by atoms with Crippen molar-refractivity contribution >= 4 is 49.1 Å². The van der Waals surface area contributed by atoms with Gasteiger partial charge in [-0.05, 0) is 39.4 Å². The van der Waals surface area contributed by atoms with E-state index in [0.717, 1.165) is 26.2 Å². The first-order valence-corrected chi connectivity index (χ1v) is 8.16. The molecule has 0 aromatic rings. The van der Waals surface area contributed by atoms with Gasteiger partial charge in [-0.15, -0.1) is 37.2 Å². The molecule has 0 aliphatic carbocycles. The topological polar surface area (TPSA) is 90.1 Å². The van der Waals surface area contributed by atoms with Crippen LogP contribution in [0.1, 0.15) is 25.7 Å². The lowest BCUT2D eigenvalue weighted by atomic mass is 10.0. The summed E-state index contributed by atoms with van der Waals surface area (Å²) in [6.07, 6.45) is 2.55. The van der Waals surface area contributed by atoms with Gasteiger partial charge in [-0.1, -0.05) is 0 Å². The third-order valence-corrected chi connectivity index (χ3v) is 4.82. The van der Waals surface area contributed by atoms with Crippen molar-refractivity contribution in [2.45, 2.75) is 37.8 Å². The number of hydrogen-bond donors (Lipinski definition) is 2. The van der Waals surface area contributed by atoms with Crippen LogP contribution in [-0.2, 0) is 9.59 Å². The Bertz CT molecular complexity index is 401. The SMILES string of the molecule is CN1CCC(N2CCN(C(=O)[C@H](N)CCC(=O)O)CC2)CC1.Cl.Cl.Cl. The van der Waals surface area contributed by atoms with Crippen molar-refractivity contribution in [1.29, 1.82) is 0 Å². The highest BCUT2D eigenvalue weighted by molar-refractivity contribution is 5.86. The fourth-order valence-electron chi connectivity index (χ4n) is 3.30. The maximum Gasteiger partial charge on any atom is 0.303 e. The van der Waals surface area contributed by atoms with Crippen LogP contribution >= 0.6 is 37.2 Å². The van der Waals surface area contributed by atoms with Crippen LogP contribution in [-0.4, -0.2) is 90.1 Å². The molecule has 0 aromatic carbocycles. The van der Waals surface area contributed by atoms with Crippen LogP contribution in [0.4, 0.5) is 0 Å². The number of piperazine rings is 1. The Morgan fingerprint density at radius 3 is 2.04 bits per heavy atom. The number of carboxylic acids is 1. The van der Waals surface area contributed by atoms with E-state index in [1.54, 1.807) is 4.90 Å². The molecule has 0 radical (unpaired) electrons. The van der Waals surface area contributed by atoms with Crippen LogP contribution in [0.15, 0.2) is 0 Å². The number of hydrogen-bond acceptors (Lipinski definition) is 5. The monoisotopic (exact) mass is 420 g/mol. The highest BCUT2D eigenvalue weighted by atomic mass is 35.5. The first-order valence-electron chi connectivity index (χ1n) is 8.16. The van der Waals surface area contributed by atoms with E-state index in [4.69, 9.17) is 10.8 Å². The van der Waals surface area contributed by atoms with Crippen molar-refractivity contribution in [3.63, 3.8) is 0 Å². The van der Waals surface area contributed by atoms with Gasteiger partial charge < -0.3 is 20.6 Å². The number of nitrogens with two attached hydrogens (primary N) is 1. The van der Waals surface area contributed by atoms with Gasteiger partial charge in [0.2, 0.25) is 5.91 Å². The molecule has 2 aliphatic rings. The molecule has 150 valence electrons. The molecule has 10 heteroatoms. The average Bonchev–Trinajstić information content (AvgIpc) is 2.53. The molecule has 0 aromatic heterocycles. The Labute approximate surface area is 168 Å². The van der Waals surface area contributed by atoms with Crippen LogP contribution in [0.2, 0.25) is 0 Å². The van der Waals surface area contributed by atoms with Gasteiger partial charge in [-0.25, -0.2) is 0 Å². The van der Waals surface area contributed by atoms with E-state index in [-0.39, 0.29) is 56.0 Å². The normalized spacial score (nSPS) is 20.6. The van der Waals surface area contributed by atoms with Gasteiger partial charge in [-0.2, -0.15) is 0 Å². The Kier molecular flexibility index (Phi) is 13.9. The minimum Gasteiger partial charge on any atom is -0.481 e. The van der Waals surface area contributed by atoms with E-state index in [0.29, 0.717) is 19.1 Å². The predicted octanol–water partition coefficient (Wildman–Crippen LogP) is 0.682. The van der Waals surface area contributed by atoms with Gasteiger partial charge in [0.15, 0.2) is 0 Å². The molecule has 1 atom stereocenters. The van der Waals surface area contributed by atoms with Crippen LogP contribution in [0, 0.1) is 0 Å². The lowest BCUT2D eigenvalue weighted by Crippen LogP contribution is -2.56. The lowest BCUT2D eigenvalue weighted by Gasteiger charge is -2.42. The number of piperidine rings is 1. The molecule has 0 spiro atoms. The predicted molar refractivity (Wildman–Crippen MR) is 105 cm³/mol. The molecule has 0 saturated carbocycles. The summed E-state index contributed by atoms with van der Waals surface area (Å²) in [6.45, 7) is 5.48. The molecule has 7 nitrogen and oxygen atoms in total. The maximum absolute atomic E-state index is 12.2. The first-order chi connectivity index (χ1) is 10.5. The molecular formula is C15H31Cl3N4O3. The van der Waals surface area contributed by atoms with E-state index in [2.05, 4.69) is 16.8 Å². The summed E-state index contributed by atoms with van der Waals surface area (Å²) in [4.78, 5) is 29.4. The van der Waals surface area contributed by atoms with E-state index >= 15 is 0 Å². The summed E-state index contributed by atoms with van der Waals surface area (Å²) < 4.78 is 0. The number of nitrogens with zero attached hydrogens (tertiary/aromatic N) is 3. The lowest BCUT2D eigenvalue weighted by molar-refractivity contribution is -0.138. The number of carbonyl (C=O) groups is 2. The van der Waals surface area contributed by atoms with E-state index in [1.165, 1.54) is 12.8 Å². The molecule has 1 amide bonds. The highest BCUT2D eigenvalue weighted by Crippen LogP contribution is 2.17. The second kappa shape index (κ2) is 12.9. The van der Waals surface area contributed by atoms with Crippen molar-refractivity contribution in [2.75, 3.05) is 46.3 Å². The van der Waals surface area contributed by atoms with Crippen LogP contribution < -0.4 is 5.73 Å². The van der Waals surface area contributed by atoms with Crippen molar-refractivity contribution < 1.29 is 14.7 Å². The Hall–Kier alpha value is -0.310. The number of amides is 1. The molecule has 3 N–H and O–H groups in total. The van der Waals surface area contributed by atoms with Gasteiger partial charge in [0, 0.05) is 38.6 Å². The maximum atomic E-state index is 12.2. The third kappa shape index (κ3) is 8.28. The Morgan fingerprint density at radius 1 is 1.04 bits per heavy atom. The number of carboxylic acid groups (broad SMARTS) is 1. The average molecular weight is 422 g/mol. The van der Waals surface area contributed by atoms with Gasteiger partial charge in [0.05, 0.1) is 6.04 Å². The van der Waals surface area contributed by atoms with Gasteiger partial charge in [-0.3, -0.25) is 14.5 Å². The third-order valence-electron chi connectivity index (χ3n) is 4.82. The Morgan fingerprint density at radius 2 is 1.56 bits per heavy atom. The summed E-state index contributed by atoms with van der Waals surface area (Å²) in [5.74, 6) is -1.01. The van der Waals surface area contributed by atoms with Gasteiger partial charge >= 0.3 is 5.97 Å². The molecular weight excluding hydrogens is 391 g/mol. The smallest absolute Gasteiger partial charge is 0.303 e. The second-order valence-corrected chi connectivity index (χ2v) is 6.43. The first kappa shape index (κ1) is 26.9. The molecule has 25 heavy (non-hydrogen) atoms. The zero-order valence-corrected chi connectivity index (χ0v) is 17.1. The molecule has 2 fully saturated rings. The number of likely N-dealkylation sites (tertiary alicyclic amines) is 1. The fourth-order valence-corrected chi connectivity index (χ4v) is 3.30. The number of halogens is 3. The summed E-state index contributed by atoms with van der Waals surface area (Å²) >= 11 is 0. The van der Waals surface area contributed by atoms with Crippen molar-refractivity contribution in [3.8, 4) is 0 Å². The van der Waals surface area contributed by atoms with Crippen molar-refractivity contribution in [2.24, 2.45) is 5.73 Å². The minimum absolute atomic E-state index is 0. The summed E-state index contributed by atoms with van der Waals surface area (Å²) in [6, 6.07) is -0.0554. The van der Waals surface area contributed by atoms with Gasteiger partial charge in [0.1, 0.15) is 0 Å². The highest BCUT2D eigenvalue weighted by Gasteiger charge is 2.29. The Balaban J connectivity index is 0. The fraction of sp³-hybridized carbons (Fsp3) is 0.867. The zero-order chi connectivity index (χ0) is 16.1. The molecule has 0 bridgehead atoms. The second-order valence-electron chi connectivity index (χ2n) is 6.43. The van der Waals surface area contributed by atoms with Crippen LogP contribution in [0.25, 0.3) is 0 Å². The number of carbonyl (C=O) groups excluding carboxylic acids is 1. The number of rotatable bonds is 5. The zero-order valence-electron chi connectivity index (χ0n) is 14.6. The van der Waals surface area contributed by atoms with Crippen molar-refractivity contribution in [3.05, 3.63) is 0 Å². The summed E-state index contributed by atoms with van der Waals surface area (Å²) in [5, 5.41) is 8.66. The molecule has 2 heterocycles.